The second-order valence-electron chi connectivity index (χ2n) is 3.13. The maximum atomic E-state index is 11.8. The predicted octanol–water partition coefficient (Wildman–Crippen LogP) is 2.69. The van der Waals surface area contributed by atoms with Crippen LogP contribution in [0.15, 0.2) is 12.2 Å². The van der Waals surface area contributed by atoms with E-state index in [2.05, 4.69) is 19.1 Å². The maximum absolute atomic E-state index is 11.8. The van der Waals surface area contributed by atoms with Crippen molar-refractivity contribution in [3.05, 3.63) is 12.2 Å². The van der Waals surface area contributed by atoms with Crippen molar-refractivity contribution in [2.24, 2.45) is 0 Å². The first kappa shape index (κ1) is 12.0. The molecule has 0 fully saturated rings. The first-order chi connectivity index (χ1) is 6.64. The van der Waals surface area contributed by atoms with Gasteiger partial charge in [-0.2, -0.15) is 0 Å². The Kier molecular flexibility index (Phi) is 4.38. The van der Waals surface area contributed by atoms with Gasteiger partial charge in [-0.3, -0.25) is 0 Å². The number of carbonyl (C=O) groups is 1. The van der Waals surface area contributed by atoms with Crippen molar-refractivity contribution in [3.8, 4) is 0 Å². The first-order valence-corrected chi connectivity index (χ1v) is 6.82. The standard InChI is InChI=1S/C10H16O2S2/c1-4-12-9(11)10(13-3)7-5-6-8(2)14-10/h5-6,8H,4,7H2,1-3H3. The molecule has 0 radical (unpaired) electrons. The van der Waals surface area contributed by atoms with Crippen molar-refractivity contribution in [3.63, 3.8) is 0 Å². The number of thioether (sulfide) groups is 2. The van der Waals surface area contributed by atoms with Crippen LogP contribution < -0.4 is 0 Å². The Balaban J connectivity index is 2.76. The van der Waals surface area contributed by atoms with Crippen LogP contribution in [0.4, 0.5) is 0 Å². The third-order valence-electron chi connectivity index (χ3n) is 2.09. The molecule has 0 N–H and O–H groups in total. The summed E-state index contributed by atoms with van der Waals surface area (Å²) in [6.07, 6.45) is 6.95. The average molecular weight is 232 g/mol. The quantitative estimate of drug-likeness (QED) is 0.552. The Labute approximate surface area is 93.8 Å². The van der Waals surface area contributed by atoms with Crippen LogP contribution in [-0.4, -0.2) is 28.2 Å². The van der Waals surface area contributed by atoms with Gasteiger partial charge >= 0.3 is 5.97 Å². The monoisotopic (exact) mass is 232 g/mol. The van der Waals surface area contributed by atoms with Gasteiger partial charge in [0.2, 0.25) is 0 Å². The molecule has 1 aliphatic rings. The number of allylic oxidation sites excluding steroid dienone is 1. The second-order valence-corrected chi connectivity index (χ2v) is 6.17. The number of hydrogen-bond acceptors (Lipinski definition) is 4. The summed E-state index contributed by atoms with van der Waals surface area (Å²) in [6.45, 7) is 4.41. The van der Waals surface area contributed by atoms with Gasteiger partial charge < -0.3 is 4.74 Å². The molecule has 0 aliphatic carbocycles. The molecule has 1 rings (SSSR count). The molecule has 0 spiro atoms. The normalized spacial score (nSPS) is 31.5. The van der Waals surface area contributed by atoms with Crippen LogP contribution >= 0.6 is 23.5 Å². The molecule has 0 aromatic rings. The van der Waals surface area contributed by atoms with Crippen LogP contribution in [0, 0.1) is 0 Å². The first-order valence-electron chi connectivity index (χ1n) is 4.71. The topological polar surface area (TPSA) is 26.3 Å². The minimum atomic E-state index is -0.413. The highest BCUT2D eigenvalue weighted by Gasteiger charge is 2.41. The summed E-state index contributed by atoms with van der Waals surface area (Å²) in [5.41, 5.74) is 0. The SMILES string of the molecule is CCOC(=O)C1(SC)CC=CC(C)S1. The fraction of sp³-hybridized carbons (Fsp3) is 0.700. The molecule has 1 heterocycles. The molecule has 0 aromatic heterocycles. The average Bonchev–Trinajstić information content (AvgIpc) is 2.18. The van der Waals surface area contributed by atoms with Gasteiger partial charge in [-0.05, 0) is 20.1 Å². The number of ether oxygens (including phenoxy) is 1. The molecule has 0 amide bonds. The zero-order chi connectivity index (χ0) is 10.6. The minimum absolute atomic E-state index is 0.0892. The van der Waals surface area contributed by atoms with Crippen LogP contribution in [0.25, 0.3) is 0 Å². The molecule has 0 saturated carbocycles. The highest BCUT2D eigenvalue weighted by atomic mass is 32.2. The smallest absolute Gasteiger partial charge is 0.332 e. The van der Waals surface area contributed by atoms with Gasteiger partial charge in [0, 0.05) is 11.7 Å². The molecule has 0 saturated heterocycles. The van der Waals surface area contributed by atoms with Gasteiger partial charge in [-0.1, -0.05) is 12.2 Å². The summed E-state index contributed by atoms with van der Waals surface area (Å²) in [4.78, 5) is 11.8. The number of esters is 1. The molecule has 2 atom stereocenters. The Bertz CT molecular complexity index is 240. The summed E-state index contributed by atoms with van der Waals surface area (Å²) in [7, 11) is 0. The molecule has 2 unspecified atom stereocenters. The number of carbonyl (C=O) groups excluding carboxylic acids is 1. The fourth-order valence-electron chi connectivity index (χ4n) is 1.39. The van der Waals surface area contributed by atoms with Crippen molar-refractivity contribution in [2.45, 2.75) is 29.6 Å². The molecule has 14 heavy (non-hydrogen) atoms. The van der Waals surface area contributed by atoms with E-state index in [4.69, 9.17) is 4.74 Å². The summed E-state index contributed by atoms with van der Waals surface area (Å²) in [5.74, 6) is -0.0892. The third-order valence-corrected chi connectivity index (χ3v) is 5.11. The molecular weight excluding hydrogens is 216 g/mol. The minimum Gasteiger partial charge on any atom is -0.464 e. The van der Waals surface area contributed by atoms with E-state index in [9.17, 15) is 4.79 Å². The zero-order valence-electron chi connectivity index (χ0n) is 8.78. The van der Waals surface area contributed by atoms with E-state index in [0.717, 1.165) is 6.42 Å². The van der Waals surface area contributed by atoms with E-state index in [-0.39, 0.29) is 5.97 Å². The van der Waals surface area contributed by atoms with Crippen LogP contribution in [0.3, 0.4) is 0 Å². The van der Waals surface area contributed by atoms with Gasteiger partial charge in [-0.25, -0.2) is 4.79 Å². The van der Waals surface area contributed by atoms with E-state index < -0.39 is 4.08 Å². The Morgan fingerprint density at radius 1 is 1.79 bits per heavy atom. The second kappa shape index (κ2) is 5.12. The van der Waals surface area contributed by atoms with Crippen molar-refractivity contribution in [2.75, 3.05) is 12.9 Å². The maximum Gasteiger partial charge on any atom is 0.332 e. The van der Waals surface area contributed by atoms with Crippen molar-refractivity contribution >= 4 is 29.5 Å². The van der Waals surface area contributed by atoms with Crippen LogP contribution in [0.1, 0.15) is 20.3 Å². The van der Waals surface area contributed by atoms with Crippen molar-refractivity contribution in [1.82, 2.24) is 0 Å². The lowest BCUT2D eigenvalue weighted by Crippen LogP contribution is -2.36. The van der Waals surface area contributed by atoms with E-state index >= 15 is 0 Å². The van der Waals surface area contributed by atoms with E-state index in [1.165, 1.54) is 0 Å². The van der Waals surface area contributed by atoms with Gasteiger partial charge in [0.15, 0.2) is 4.08 Å². The van der Waals surface area contributed by atoms with Crippen LogP contribution in [0.2, 0.25) is 0 Å². The number of hydrogen-bond donors (Lipinski definition) is 0. The summed E-state index contributed by atoms with van der Waals surface area (Å²) in [6, 6.07) is 0. The van der Waals surface area contributed by atoms with E-state index in [1.807, 2.05) is 13.2 Å². The van der Waals surface area contributed by atoms with Crippen molar-refractivity contribution in [1.29, 1.82) is 0 Å². The highest BCUT2D eigenvalue weighted by molar-refractivity contribution is 8.19. The highest BCUT2D eigenvalue weighted by Crippen LogP contribution is 2.45. The molecule has 4 heteroatoms. The van der Waals surface area contributed by atoms with Gasteiger partial charge in [0.05, 0.1) is 6.61 Å². The Morgan fingerprint density at radius 2 is 2.50 bits per heavy atom. The Morgan fingerprint density at radius 3 is 3.00 bits per heavy atom. The Hall–Kier alpha value is -0.0900. The third kappa shape index (κ3) is 2.48. The van der Waals surface area contributed by atoms with Gasteiger partial charge in [0.1, 0.15) is 0 Å². The van der Waals surface area contributed by atoms with E-state index in [1.54, 1.807) is 23.5 Å². The molecular formula is C10H16O2S2. The lowest BCUT2D eigenvalue weighted by Gasteiger charge is -2.32. The van der Waals surface area contributed by atoms with Gasteiger partial charge in [0.25, 0.3) is 0 Å². The predicted molar refractivity (Wildman–Crippen MR) is 63.7 cm³/mol. The fourth-order valence-corrected chi connectivity index (χ4v) is 3.86. The van der Waals surface area contributed by atoms with Gasteiger partial charge in [-0.15, -0.1) is 23.5 Å². The molecule has 1 aliphatic heterocycles. The van der Waals surface area contributed by atoms with E-state index in [0.29, 0.717) is 11.9 Å². The lowest BCUT2D eigenvalue weighted by atomic mass is 10.2. The molecule has 0 bridgehead atoms. The molecule has 80 valence electrons. The van der Waals surface area contributed by atoms with Crippen molar-refractivity contribution < 1.29 is 9.53 Å². The zero-order valence-corrected chi connectivity index (χ0v) is 10.4. The summed E-state index contributed by atoms with van der Waals surface area (Å²) < 4.78 is 4.70. The van der Waals surface area contributed by atoms with Crippen LogP contribution in [-0.2, 0) is 9.53 Å². The lowest BCUT2D eigenvalue weighted by molar-refractivity contribution is -0.143. The van der Waals surface area contributed by atoms with Crippen LogP contribution in [0.5, 0.6) is 0 Å². The summed E-state index contributed by atoms with van der Waals surface area (Å²) >= 11 is 3.27. The number of rotatable bonds is 3. The summed E-state index contributed by atoms with van der Waals surface area (Å²) in [5, 5.41) is 0.389. The molecule has 0 aromatic carbocycles. The largest absolute Gasteiger partial charge is 0.464 e. The molecule has 2 nitrogen and oxygen atoms in total.